The molecule has 0 radical (unpaired) electrons. The van der Waals surface area contributed by atoms with Gasteiger partial charge in [-0.3, -0.25) is 9.69 Å². The standard InChI is InChI=1S/C25H30N2O2/c1-2-6-18-11-13-20(14-12-18)24-22(27(23(24)17-28)16-19-9-10-19)15-26-25(29)21-7-4-3-5-8-21/h2-8,11-14,19,22-24,28H,9-10,15-17H2,1H3,(H,26,29)/b6-2+/t22-,23-,24-/m0/s1. The van der Waals surface area contributed by atoms with Crippen molar-refractivity contribution >= 4 is 12.0 Å². The van der Waals surface area contributed by atoms with Crippen molar-refractivity contribution in [3.05, 3.63) is 77.4 Å². The predicted molar refractivity (Wildman–Crippen MR) is 117 cm³/mol. The monoisotopic (exact) mass is 390 g/mol. The lowest BCUT2D eigenvalue weighted by atomic mass is 9.74. The van der Waals surface area contributed by atoms with Crippen molar-refractivity contribution in [1.29, 1.82) is 0 Å². The van der Waals surface area contributed by atoms with Crippen LogP contribution in [-0.2, 0) is 0 Å². The van der Waals surface area contributed by atoms with Gasteiger partial charge in [-0.25, -0.2) is 0 Å². The van der Waals surface area contributed by atoms with E-state index in [1.54, 1.807) is 0 Å². The number of amides is 1. The van der Waals surface area contributed by atoms with Gasteiger partial charge in [0.15, 0.2) is 0 Å². The molecule has 1 saturated heterocycles. The zero-order valence-corrected chi connectivity index (χ0v) is 17.0. The SMILES string of the molecule is C/C=C/c1ccc([C@@H]2[C@H](CO)N(CC3CC3)[C@H]2CNC(=O)c2ccccc2)cc1. The Morgan fingerprint density at radius 1 is 1.10 bits per heavy atom. The molecule has 3 atom stereocenters. The summed E-state index contributed by atoms with van der Waals surface area (Å²) in [6.07, 6.45) is 6.68. The van der Waals surface area contributed by atoms with Gasteiger partial charge in [0.05, 0.1) is 6.61 Å². The number of hydrogen-bond acceptors (Lipinski definition) is 3. The van der Waals surface area contributed by atoms with Gasteiger partial charge in [0.1, 0.15) is 0 Å². The first-order chi connectivity index (χ1) is 14.2. The molecule has 152 valence electrons. The Bertz CT molecular complexity index is 843. The van der Waals surface area contributed by atoms with Gasteiger partial charge in [0.2, 0.25) is 0 Å². The van der Waals surface area contributed by atoms with Crippen molar-refractivity contribution < 1.29 is 9.90 Å². The highest BCUT2D eigenvalue weighted by molar-refractivity contribution is 5.94. The summed E-state index contributed by atoms with van der Waals surface area (Å²) in [4.78, 5) is 15.0. The molecule has 2 aromatic rings. The fraction of sp³-hybridized carbons (Fsp3) is 0.400. The number of carbonyl (C=O) groups is 1. The van der Waals surface area contributed by atoms with E-state index in [2.05, 4.69) is 40.6 Å². The third-order valence-electron chi connectivity index (χ3n) is 6.22. The molecular weight excluding hydrogens is 360 g/mol. The van der Waals surface area contributed by atoms with E-state index in [9.17, 15) is 9.90 Å². The van der Waals surface area contributed by atoms with E-state index in [1.165, 1.54) is 24.0 Å². The van der Waals surface area contributed by atoms with E-state index in [-0.39, 0.29) is 30.5 Å². The second-order valence-corrected chi connectivity index (χ2v) is 8.23. The van der Waals surface area contributed by atoms with Crippen LogP contribution in [-0.4, -0.2) is 47.7 Å². The molecule has 4 rings (SSSR count). The fourth-order valence-corrected chi connectivity index (χ4v) is 4.50. The molecule has 0 unspecified atom stereocenters. The average molecular weight is 391 g/mol. The van der Waals surface area contributed by atoms with Crippen LogP contribution in [0.3, 0.4) is 0 Å². The van der Waals surface area contributed by atoms with E-state index >= 15 is 0 Å². The molecule has 2 aliphatic rings. The summed E-state index contributed by atoms with van der Waals surface area (Å²) in [5, 5.41) is 13.2. The Hall–Kier alpha value is -2.43. The molecule has 1 saturated carbocycles. The molecule has 1 aliphatic carbocycles. The second-order valence-electron chi connectivity index (χ2n) is 8.23. The summed E-state index contributed by atoms with van der Waals surface area (Å²) in [7, 11) is 0. The lowest BCUT2D eigenvalue weighted by Crippen LogP contribution is -2.67. The summed E-state index contributed by atoms with van der Waals surface area (Å²) in [5.41, 5.74) is 3.11. The smallest absolute Gasteiger partial charge is 0.251 e. The highest BCUT2D eigenvalue weighted by atomic mass is 16.3. The van der Waals surface area contributed by atoms with Crippen LogP contribution in [0.1, 0.15) is 47.2 Å². The minimum Gasteiger partial charge on any atom is -0.395 e. The number of carbonyl (C=O) groups excluding carboxylic acids is 1. The van der Waals surface area contributed by atoms with Gasteiger partial charge < -0.3 is 10.4 Å². The zero-order chi connectivity index (χ0) is 20.2. The van der Waals surface area contributed by atoms with Crippen molar-refractivity contribution in [2.45, 2.75) is 37.8 Å². The van der Waals surface area contributed by atoms with Crippen molar-refractivity contribution in [3.8, 4) is 0 Å². The van der Waals surface area contributed by atoms with Gasteiger partial charge in [-0.05, 0) is 48.9 Å². The number of allylic oxidation sites excluding steroid dienone is 1. The maximum Gasteiger partial charge on any atom is 0.251 e. The van der Waals surface area contributed by atoms with Crippen LogP contribution in [0.15, 0.2) is 60.7 Å². The Morgan fingerprint density at radius 3 is 2.45 bits per heavy atom. The van der Waals surface area contributed by atoms with Gasteiger partial charge in [0.25, 0.3) is 5.91 Å². The fourth-order valence-electron chi connectivity index (χ4n) is 4.50. The molecule has 4 heteroatoms. The summed E-state index contributed by atoms with van der Waals surface area (Å²) in [6, 6.07) is 18.3. The molecule has 0 aromatic heterocycles. The Morgan fingerprint density at radius 2 is 1.83 bits per heavy atom. The lowest BCUT2D eigenvalue weighted by molar-refractivity contribution is -0.0445. The van der Waals surface area contributed by atoms with Crippen LogP contribution in [0.25, 0.3) is 6.08 Å². The van der Waals surface area contributed by atoms with E-state index < -0.39 is 0 Å². The molecule has 1 amide bonds. The van der Waals surface area contributed by atoms with E-state index in [1.807, 2.05) is 43.3 Å². The molecular formula is C25H30N2O2. The first-order valence-electron chi connectivity index (χ1n) is 10.6. The third kappa shape index (κ3) is 4.44. The molecule has 2 N–H and O–H groups in total. The number of aliphatic hydroxyl groups is 1. The van der Waals surface area contributed by atoms with Gasteiger partial charge in [-0.1, -0.05) is 54.6 Å². The number of nitrogens with one attached hydrogen (secondary N) is 1. The van der Waals surface area contributed by atoms with Crippen molar-refractivity contribution in [1.82, 2.24) is 10.2 Å². The summed E-state index contributed by atoms with van der Waals surface area (Å²) in [5.74, 6) is 0.940. The normalized spacial score (nSPS) is 24.4. The first kappa shape index (κ1) is 19.9. The zero-order valence-electron chi connectivity index (χ0n) is 17.0. The number of benzene rings is 2. The van der Waals surface area contributed by atoms with E-state index in [0.29, 0.717) is 12.1 Å². The van der Waals surface area contributed by atoms with Gasteiger partial charge in [0, 0.05) is 36.7 Å². The van der Waals surface area contributed by atoms with E-state index in [0.717, 1.165) is 12.5 Å². The minimum atomic E-state index is -0.0356. The minimum absolute atomic E-state index is 0.0356. The van der Waals surface area contributed by atoms with Crippen molar-refractivity contribution in [3.63, 3.8) is 0 Å². The quantitative estimate of drug-likeness (QED) is 0.723. The van der Waals surface area contributed by atoms with Crippen LogP contribution in [0, 0.1) is 5.92 Å². The van der Waals surface area contributed by atoms with Crippen LogP contribution in [0.4, 0.5) is 0 Å². The van der Waals surface area contributed by atoms with Gasteiger partial charge in [-0.2, -0.15) is 0 Å². The number of hydrogen-bond donors (Lipinski definition) is 2. The van der Waals surface area contributed by atoms with Crippen molar-refractivity contribution in [2.75, 3.05) is 19.7 Å². The maximum atomic E-state index is 12.6. The number of likely N-dealkylation sites (tertiary alicyclic amines) is 1. The van der Waals surface area contributed by atoms with Crippen LogP contribution >= 0.6 is 0 Å². The lowest BCUT2D eigenvalue weighted by Gasteiger charge is -2.55. The molecule has 2 aromatic carbocycles. The molecule has 29 heavy (non-hydrogen) atoms. The second kappa shape index (κ2) is 8.93. The highest BCUT2D eigenvalue weighted by Gasteiger charge is 2.49. The third-order valence-corrected chi connectivity index (χ3v) is 6.22. The molecule has 2 fully saturated rings. The van der Waals surface area contributed by atoms with E-state index in [4.69, 9.17) is 0 Å². The Kier molecular flexibility index (Phi) is 6.12. The summed E-state index contributed by atoms with van der Waals surface area (Å²) >= 11 is 0. The molecule has 4 nitrogen and oxygen atoms in total. The predicted octanol–water partition coefficient (Wildman–Crippen LogP) is 3.69. The average Bonchev–Trinajstić information content (AvgIpc) is 3.57. The van der Waals surface area contributed by atoms with Crippen LogP contribution < -0.4 is 5.32 Å². The molecule has 0 spiro atoms. The molecule has 1 heterocycles. The maximum absolute atomic E-state index is 12.6. The summed E-state index contributed by atoms with van der Waals surface area (Å²) in [6.45, 7) is 3.78. The number of aliphatic hydroxyl groups excluding tert-OH is 1. The highest BCUT2D eigenvalue weighted by Crippen LogP contribution is 2.43. The topological polar surface area (TPSA) is 52.6 Å². The van der Waals surface area contributed by atoms with Crippen molar-refractivity contribution in [2.24, 2.45) is 5.92 Å². The largest absolute Gasteiger partial charge is 0.395 e. The molecule has 1 aliphatic heterocycles. The van der Waals surface area contributed by atoms with Gasteiger partial charge in [-0.15, -0.1) is 0 Å². The van der Waals surface area contributed by atoms with Crippen LogP contribution in [0.5, 0.6) is 0 Å². The number of nitrogens with zero attached hydrogens (tertiary/aromatic N) is 1. The number of rotatable bonds is 8. The molecule has 0 bridgehead atoms. The van der Waals surface area contributed by atoms with Gasteiger partial charge >= 0.3 is 0 Å². The van der Waals surface area contributed by atoms with Crippen LogP contribution in [0.2, 0.25) is 0 Å². The summed E-state index contributed by atoms with van der Waals surface area (Å²) < 4.78 is 0. The Labute approximate surface area is 173 Å². The first-order valence-corrected chi connectivity index (χ1v) is 10.6. The Balaban J connectivity index is 1.50.